The van der Waals surface area contributed by atoms with Crippen LogP contribution < -0.4 is 21.5 Å². The average Bonchev–Trinajstić information content (AvgIpc) is 2.78. The molecule has 0 unspecified atom stereocenters. The van der Waals surface area contributed by atoms with Crippen molar-refractivity contribution in [3.05, 3.63) is 66.3 Å². The van der Waals surface area contributed by atoms with Gasteiger partial charge in [0.1, 0.15) is 16.3 Å². The number of likely N-dealkylation sites (N-methyl/N-ethyl adjacent to an activating group) is 1. The molecule has 0 aliphatic carbocycles. The van der Waals surface area contributed by atoms with E-state index in [2.05, 4.69) is 26.6 Å². The molecule has 0 radical (unpaired) electrons. The number of anilines is 4. The third kappa shape index (κ3) is 4.38. The molecule has 9 nitrogen and oxygen atoms in total. The summed E-state index contributed by atoms with van der Waals surface area (Å²) in [5.74, 6) is -0.624. The van der Waals surface area contributed by atoms with Crippen molar-refractivity contribution in [2.24, 2.45) is 0 Å². The number of rotatable bonds is 6. The fraction of sp³-hybridized carbons (Fsp3) is 0.238. The molecule has 3 aromatic carbocycles. The Morgan fingerprint density at radius 3 is 2.12 bits per heavy atom. The Balaban J connectivity index is 1.68. The van der Waals surface area contributed by atoms with Gasteiger partial charge in [0.2, 0.25) is 10.0 Å². The molecule has 1 fully saturated rings. The summed E-state index contributed by atoms with van der Waals surface area (Å²) in [4.78, 5) is 25.9. The Bertz CT molecular complexity index is 1400. The number of hydrogen-bond acceptors (Lipinski definition) is 8. The zero-order valence-electron chi connectivity index (χ0n) is 17.4. The Labute approximate surface area is 203 Å². The van der Waals surface area contributed by atoms with E-state index in [1.807, 2.05) is 11.9 Å². The second-order valence-corrected chi connectivity index (χ2v) is 10.8. The van der Waals surface area contributed by atoms with Crippen LogP contribution in [-0.2, 0) is 10.0 Å². The number of hydrogen-bond donors (Lipinski definition) is 3. The Kier molecular flexibility index (Phi) is 6.52. The minimum absolute atomic E-state index is 0.00437. The van der Waals surface area contributed by atoms with E-state index in [-0.39, 0.29) is 35.2 Å². The van der Waals surface area contributed by atoms with Gasteiger partial charge >= 0.3 is 0 Å². The van der Waals surface area contributed by atoms with Gasteiger partial charge in [-0.15, -0.1) is 0 Å². The number of sulfonamides is 1. The molecule has 1 aliphatic heterocycles. The predicted molar refractivity (Wildman–Crippen MR) is 131 cm³/mol. The first-order chi connectivity index (χ1) is 15.6. The molecule has 3 aromatic rings. The first-order valence-electron chi connectivity index (χ1n) is 9.93. The van der Waals surface area contributed by atoms with Crippen molar-refractivity contribution >= 4 is 60.3 Å². The monoisotopic (exact) mass is 554 g/mol. The molecule has 3 N–H and O–H groups in total. The highest BCUT2D eigenvalue weighted by Crippen LogP contribution is 2.40. The van der Waals surface area contributed by atoms with E-state index >= 15 is 0 Å². The lowest BCUT2D eigenvalue weighted by atomic mass is 10.1. The fourth-order valence-corrected chi connectivity index (χ4v) is 5.91. The molecule has 174 valence electrons. The summed E-state index contributed by atoms with van der Waals surface area (Å²) in [5.41, 5.74) is -1.10. The van der Waals surface area contributed by atoms with E-state index in [4.69, 9.17) is 11.6 Å². The largest absolute Gasteiger partial charge is 0.504 e. The second kappa shape index (κ2) is 9.07. The van der Waals surface area contributed by atoms with Gasteiger partial charge in [-0.2, -0.15) is 4.31 Å². The number of piperazine rings is 1. The van der Waals surface area contributed by atoms with Crippen molar-refractivity contribution in [2.45, 2.75) is 4.90 Å². The van der Waals surface area contributed by atoms with Gasteiger partial charge in [0.25, 0.3) is 10.9 Å². The lowest BCUT2D eigenvalue weighted by Gasteiger charge is -2.32. The smallest absolute Gasteiger partial charge is 0.253 e. The van der Waals surface area contributed by atoms with Crippen molar-refractivity contribution < 1.29 is 13.5 Å². The zero-order valence-corrected chi connectivity index (χ0v) is 20.6. The van der Waals surface area contributed by atoms with Crippen LogP contribution >= 0.6 is 27.5 Å². The van der Waals surface area contributed by atoms with Crippen LogP contribution in [0, 0.1) is 0 Å². The first-order valence-corrected chi connectivity index (χ1v) is 12.5. The standard InChI is InChI=1S/C21H20BrClN4O5S/c1-26-8-10-27(11-9-26)33(31,32)21-13(23)6-7-15(18(21)28)25-17-16(19(29)20(17)30)24-14-5-3-2-4-12(14)22/h2-7,24-25,28H,8-11H2,1H3. The molecule has 0 atom stereocenters. The van der Waals surface area contributed by atoms with Crippen molar-refractivity contribution in [3.63, 3.8) is 0 Å². The van der Waals surface area contributed by atoms with Crippen LogP contribution in [0.1, 0.15) is 0 Å². The van der Waals surface area contributed by atoms with Gasteiger partial charge in [0.15, 0.2) is 5.75 Å². The number of aromatic hydroxyl groups is 1. The van der Waals surface area contributed by atoms with Gasteiger partial charge in [-0.1, -0.05) is 23.7 Å². The number of para-hydroxylation sites is 1. The van der Waals surface area contributed by atoms with E-state index in [0.29, 0.717) is 23.2 Å². The summed E-state index contributed by atoms with van der Waals surface area (Å²) in [6, 6.07) is 9.70. The Morgan fingerprint density at radius 2 is 1.52 bits per heavy atom. The van der Waals surface area contributed by atoms with Crippen LogP contribution in [-0.4, -0.2) is 56.0 Å². The number of benzene rings is 2. The van der Waals surface area contributed by atoms with E-state index in [9.17, 15) is 23.1 Å². The molecule has 0 amide bonds. The minimum atomic E-state index is -4.09. The second-order valence-electron chi connectivity index (χ2n) is 7.62. The maximum absolute atomic E-state index is 13.2. The molecular weight excluding hydrogens is 536 g/mol. The van der Waals surface area contributed by atoms with Crippen molar-refractivity contribution in [3.8, 4) is 5.75 Å². The highest BCUT2D eigenvalue weighted by atomic mass is 79.9. The molecular formula is C21H20BrClN4O5S. The van der Waals surface area contributed by atoms with Crippen LogP contribution in [0.15, 0.2) is 55.4 Å². The summed E-state index contributed by atoms with van der Waals surface area (Å²) in [5, 5.41) is 16.3. The quantitative estimate of drug-likeness (QED) is 0.314. The van der Waals surface area contributed by atoms with E-state index in [1.54, 1.807) is 24.3 Å². The number of nitrogens with zero attached hydrogens (tertiary/aromatic N) is 2. The van der Waals surface area contributed by atoms with Gasteiger partial charge in [-0.3, -0.25) is 9.59 Å². The lowest BCUT2D eigenvalue weighted by Crippen LogP contribution is -2.47. The topological polar surface area (TPSA) is 119 Å². The summed E-state index contributed by atoms with van der Waals surface area (Å²) in [6.45, 7) is 1.60. The maximum atomic E-state index is 13.2. The summed E-state index contributed by atoms with van der Waals surface area (Å²) in [6.07, 6.45) is 0. The number of nitrogens with one attached hydrogen (secondary N) is 2. The third-order valence-corrected chi connectivity index (χ3v) is 8.54. The minimum Gasteiger partial charge on any atom is -0.504 e. The Morgan fingerprint density at radius 1 is 0.939 bits per heavy atom. The molecule has 12 heteroatoms. The zero-order chi connectivity index (χ0) is 23.9. The number of halogens is 2. The molecule has 33 heavy (non-hydrogen) atoms. The third-order valence-electron chi connectivity index (χ3n) is 5.45. The normalized spacial score (nSPS) is 15.6. The molecule has 0 saturated carbocycles. The summed E-state index contributed by atoms with van der Waals surface area (Å²) < 4.78 is 28.3. The van der Waals surface area contributed by atoms with Gasteiger partial charge in [0.05, 0.1) is 16.4 Å². The van der Waals surface area contributed by atoms with Crippen LogP contribution in [0.2, 0.25) is 5.02 Å². The highest BCUT2D eigenvalue weighted by molar-refractivity contribution is 9.10. The summed E-state index contributed by atoms with van der Waals surface area (Å²) in [7, 11) is -2.20. The molecule has 0 aromatic heterocycles. The van der Waals surface area contributed by atoms with Crippen molar-refractivity contribution in [2.75, 3.05) is 43.9 Å². The van der Waals surface area contributed by atoms with E-state index in [1.165, 1.54) is 16.4 Å². The van der Waals surface area contributed by atoms with Crippen LogP contribution in [0.25, 0.3) is 0 Å². The molecule has 0 spiro atoms. The SMILES string of the molecule is CN1CCN(S(=O)(=O)c2c(Cl)ccc(Nc3c(Nc4ccccc4Br)c(=O)c3=O)c2O)CC1. The molecule has 1 saturated heterocycles. The van der Waals surface area contributed by atoms with Crippen LogP contribution in [0.5, 0.6) is 5.75 Å². The van der Waals surface area contributed by atoms with Gasteiger partial charge in [0, 0.05) is 30.7 Å². The lowest BCUT2D eigenvalue weighted by molar-refractivity contribution is 0.222. The van der Waals surface area contributed by atoms with Gasteiger partial charge < -0.3 is 20.6 Å². The number of phenols is 1. The van der Waals surface area contributed by atoms with E-state index in [0.717, 1.165) is 0 Å². The summed E-state index contributed by atoms with van der Waals surface area (Å²) >= 11 is 9.53. The molecule has 0 bridgehead atoms. The fourth-order valence-electron chi connectivity index (χ4n) is 3.51. The highest BCUT2D eigenvalue weighted by Gasteiger charge is 2.33. The maximum Gasteiger partial charge on any atom is 0.253 e. The van der Waals surface area contributed by atoms with Crippen molar-refractivity contribution in [1.29, 1.82) is 0 Å². The predicted octanol–water partition coefficient (Wildman–Crippen LogP) is 2.83. The molecule has 1 aliphatic rings. The number of phenolic OH excluding ortho intramolecular Hbond substituents is 1. The first kappa shape index (κ1) is 23.7. The van der Waals surface area contributed by atoms with E-state index < -0.39 is 31.5 Å². The molecule has 1 heterocycles. The van der Waals surface area contributed by atoms with Crippen molar-refractivity contribution in [1.82, 2.24) is 9.21 Å². The average molecular weight is 556 g/mol. The van der Waals surface area contributed by atoms with Crippen LogP contribution in [0.3, 0.4) is 0 Å². The van der Waals surface area contributed by atoms with Gasteiger partial charge in [-0.05, 0) is 47.2 Å². The Hall–Kier alpha value is -2.44. The molecule has 4 rings (SSSR count). The van der Waals surface area contributed by atoms with Gasteiger partial charge in [-0.25, -0.2) is 8.42 Å². The van der Waals surface area contributed by atoms with Crippen LogP contribution in [0.4, 0.5) is 22.7 Å².